The maximum absolute atomic E-state index is 9.41. The Kier molecular flexibility index (Phi) is 6.53. The van der Waals surface area contributed by atoms with Crippen LogP contribution >= 0.6 is 0 Å². The largest absolute Gasteiger partial charge is 0.493 e. The molecule has 0 saturated carbocycles. The number of rotatable bonds is 8. The van der Waals surface area contributed by atoms with Gasteiger partial charge in [-0.3, -0.25) is 0 Å². The monoisotopic (exact) mass is 333 g/mol. The van der Waals surface area contributed by atoms with Crippen LogP contribution in [0.4, 0.5) is 0 Å². The van der Waals surface area contributed by atoms with Gasteiger partial charge in [-0.15, -0.1) is 0 Å². The van der Waals surface area contributed by atoms with E-state index in [0.717, 1.165) is 42.5 Å². The van der Waals surface area contributed by atoms with Gasteiger partial charge in [-0.05, 0) is 43.4 Å². The summed E-state index contributed by atoms with van der Waals surface area (Å²) in [6, 6.07) is 3.85. The molecular formula is C19H27NO4. The number of oxime groups is 1. The van der Waals surface area contributed by atoms with Crippen molar-refractivity contribution >= 4 is 11.3 Å². The fourth-order valence-corrected chi connectivity index (χ4v) is 3.26. The average molecular weight is 333 g/mol. The van der Waals surface area contributed by atoms with Gasteiger partial charge in [0.25, 0.3) is 0 Å². The van der Waals surface area contributed by atoms with Crippen LogP contribution in [0, 0.1) is 0 Å². The minimum Gasteiger partial charge on any atom is -0.493 e. The highest BCUT2D eigenvalue weighted by Crippen LogP contribution is 2.43. The van der Waals surface area contributed by atoms with Crippen LogP contribution in [-0.2, 0) is 0 Å². The van der Waals surface area contributed by atoms with Gasteiger partial charge in [0.05, 0.1) is 27.0 Å². The Hall–Kier alpha value is -2.17. The molecule has 0 heterocycles. The smallest absolute Gasteiger partial charge is 0.203 e. The second-order valence-electron chi connectivity index (χ2n) is 5.90. The van der Waals surface area contributed by atoms with Crippen LogP contribution in [0.25, 0.3) is 5.57 Å². The Bertz CT molecular complexity index is 609. The molecule has 5 nitrogen and oxygen atoms in total. The van der Waals surface area contributed by atoms with E-state index in [1.807, 2.05) is 12.1 Å². The fourth-order valence-electron chi connectivity index (χ4n) is 3.26. The molecular weight excluding hydrogens is 306 g/mol. The van der Waals surface area contributed by atoms with Crippen molar-refractivity contribution < 1.29 is 19.4 Å². The van der Waals surface area contributed by atoms with E-state index < -0.39 is 0 Å². The number of hydrogen-bond donors (Lipinski definition) is 1. The average Bonchev–Trinajstić information content (AvgIpc) is 3.03. The molecule has 0 aromatic heterocycles. The van der Waals surface area contributed by atoms with E-state index in [-0.39, 0.29) is 0 Å². The summed E-state index contributed by atoms with van der Waals surface area (Å²) in [5.74, 6) is 1.78. The molecule has 1 aromatic carbocycles. The first-order valence-corrected chi connectivity index (χ1v) is 8.43. The summed E-state index contributed by atoms with van der Waals surface area (Å²) in [6.45, 7) is 2.20. The van der Waals surface area contributed by atoms with Crippen LogP contribution in [0.15, 0.2) is 22.9 Å². The summed E-state index contributed by atoms with van der Waals surface area (Å²) in [5, 5.41) is 12.9. The second-order valence-corrected chi connectivity index (χ2v) is 5.90. The SMILES string of the molecule is CCCCCC1=C(c2cc(OC)c(OC)c(OC)c2)/C(=N/O)CC1. The number of methoxy groups -OCH3 is 3. The first kappa shape index (κ1) is 18.2. The molecule has 1 aliphatic rings. The van der Waals surface area contributed by atoms with Crippen molar-refractivity contribution in [1.82, 2.24) is 0 Å². The molecule has 2 rings (SSSR count). The Morgan fingerprint density at radius 1 is 1.00 bits per heavy atom. The second kappa shape index (κ2) is 8.62. The van der Waals surface area contributed by atoms with E-state index in [1.54, 1.807) is 21.3 Å². The third kappa shape index (κ3) is 3.66. The first-order valence-electron chi connectivity index (χ1n) is 8.43. The van der Waals surface area contributed by atoms with Gasteiger partial charge in [-0.25, -0.2) is 0 Å². The summed E-state index contributed by atoms with van der Waals surface area (Å²) < 4.78 is 16.3. The Morgan fingerprint density at radius 3 is 2.17 bits per heavy atom. The lowest BCUT2D eigenvalue weighted by Crippen LogP contribution is -2.01. The van der Waals surface area contributed by atoms with E-state index in [4.69, 9.17) is 14.2 Å². The van der Waals surface area contributed by atoms with Crippen molar-refractivity contribution in [3.63, 3.8) is 0 Å². The van der Waals surface area contributed by atoms with Crippen molar-refractivity contribution in [2.24, 2.45) is 5.16 Å². The predicted molar refractivity (Wildman–Crippen MR) is 95.6 cm³/mol. The standard InChI is InChI=1S/C19H27NO4/c1-5-6-7-8-13-9-10-15(20-21)18(13)14-11-16(22-2)19(24-4)17(12-14)23-3/h11-12,21H,5-10H2,1-4H3/b20-15+. The summed E-state index contributed by atoms with van der Waals surface area (Å²) >= 11 is 0. The van der Waals surface area contributed by atoms with Gasteiger partial charge in [0, 0.05) is 5.57 Å². The molecule has 0 unspecified atom stereocenters. The lowest BCUT2D eigenvalue weighted by atomic mass is 9.97. The highest BCUT2D eigenvalue weighted by atomic mass is 16.5. The first-order chi connectivity index (χ1) is 11.7. The van der Waals surface area contributed by atoms with E-state index in [1.165, 1.54) is 18.4 Å². The minimum absolute atomic E-state index is 0.567. The van der Waals surface area contributed by atoms with E-state index in [9.17, 15) is 5.21 Å². The normalized spacial score (nSPS) is 15.9. The molecule has 0 amide bonds. The quantitative estimate of drug-likeness (QED) is 0.426. The molecule has 5 heteroatoms. The third-order valence-corrected chi connectivity index (χ3v) is 4.46. The van der Waals surface area contributed by atoms with Crippen LogP contribution in [0.5, 0.6) is 17.2 Å². The van der Waals surface area contributed by atoms with Crippen molar-refractivity contribution in [3.05, 3.63) is 23.3 Å². The molecule has 1 N–H and O–H groups in total. The van der Waals surface area contributed by atoms with E-state index in [0.29, 0.717) is 17.2 Å². The number of allylic oxidation sites excluding steroid dienone is 2. The van der Waals surface area contributed by atoms with Crippen molar-refractivity contribution in [1.29, 1.82) is 0 Å². The number of ether oxygens (including phenoxy) is 3. The molecule has 1 aromatic rings. The fraction of sp³-hybridized carbons (Fsp3) is 0.526. The van der Waals surface area contributed by atoms with E-state index in [2.05, 4.69) is 12.1 Å². The number of hydrogen-bond acceptors (Lipinski definition) is 5. The van der Waals surface area contributed by atoms with Crippen molar-refractivity contribution in [2.45, 2.75) is 45.4 Å². The molecule has 0 atom stereocenters. The maximum atomic E-state index is 9.41. The van der Waals surface area contributed by atoms with Crippen molar-refractivity contribution in [2.75, 3.05) is 21.3 Å². The zero-order valence-electron chi connectivity index (χ0n) is 15.0. The summed E-state index contributed by atoms with van der Waals surface area (Å²) in [7, 11) is 4.80. The Morgan fingerprint density at radius 2 is 1.67 bits per heavy atom. The number of benzene rings is 1. The summed E-state index contributed by atoms with van der Waals surface area (Å²) in [5.41, 5.74) is 4.04. The van der Waals surface area contributed by atoms with Crippen LogP contribution in [-0.4, -0.2) is 32.2 Å². The molecule has 0 aliphatic heterocycles. The predicted octanol–water partition coefficient (Wildman–Crippen LogP) is 4.67. The lowest BCUT2D eigenvalue weighted by molar-refractivity contribution is 0.318. The summed E-state index contributed by atoms with van der Waals surface area (Å²) in [6.07, 6.45) is 6.28. The third-order valence-electron chi connectivity index (χ3n) is 4.46. The highest BCUT2D eigenvalue weighted by molar-refractivity contribution is 6.26. The minimum atomic E-state index is 0.567. The van der Waals surface area contributed by atoms with Crippen LogP contribution in [0.1, 0.15) is 51.0 Å². The van der Waals surface area contributed by atoms with Gasteiger partial charge in [-0.1, -0.05) is 30.5 Å². The van der Waals surface area contributed by atoms with Gasteiger partial charge in [0.1, 0.15) is 0 Å². The maximum Gasteiger partial charge on any atom is 0.203 e. The number of nitrogens with zero attached hydrogens (tertiary/aromatic N) is 1. The Balaban J connectivity index is 2.50. The van der Waals surface area contributed by atoms with Crippen LogP contribution in [0.2, 0.25) is 0 Å². The lowest BCUT2D eigenvalue weighted by Gasteiger charge is -2.16. The van der Waals surface area contributed by atoms with Crippen molar-refractivity contribution in [3.8, 4) is 17.2 Å². The molecule has 0 radical (unpaired) electrons. The molecule has 24 heavy (non-hydrogen) atoms. The molecule has 0 bridgehead atoms. The van der Waals surface area contributed by atoms with Gasteiger partial charge < -0.3 is 19.4 Å². The topological polar surface area (TPSA) is 60.3 Å². The highest BCUT2D eigenvalue weighted by Gasteiger charge is 2.25. The molecule has 0 saturated heterocycles. The molecule has 1 aliphatic carbocycles. The summed E-state index contributed by atoms with van der Waals surface area (Å²) in [4.78, 5) is 0. The molecule has 132 valence electrons. The van der Waals surface area contributed by atoms with Crippen LogP contribution in [0.3, 0.4) is 0 Å². The molecule has 0 spiro atoms. The van der Waals surface area contributed by atoms with Crippen LogP contribution < -0.4 is 14.2 Å². The zero-order chi connectivity index (χ0) is 17.5. The van der Waals surface area contributed by atoms with Gasteiger partial charge in [-0.2, -0.15) is 0 Å². The number of unbranched alkanes of at least 4 members (excludes halogenated alkanes) is 2. The zero-order valence-corrected chi connectivity index (χ0v) is 15.0. The van der Waals surface area contributed by atoms with Gasteiger partial charge in [0.2, 0.25) is 5.75 Å². The Labute approximate surface area is 143 Å². The van der Waals surface area contributed by atoms with Gasteiger partial charge in [0.15, 0.2) is 11.5 Å². The van der Waals surface area contributed by atoms with E-state index >= 15 is 0 Å². The molecule has 0 fully saturated rings. The van der Waals surface area contributed by atoms with Gasteiger partial charge >= 0.3 is 0 Å².